The first-order chi connectivity index (χ1) is 12.8. The Labute approximate surface area is 155 Å². The number of aromatic nitrogens is 2. The molecule has 5 nitrogen and oxygen atoms in total. The summed E-state index contributed by atoms with van der Waals surface area (Å²) >= 11 is 0. The summed E-state index contributed by atoms with van der Waals surface area (Å²) in [6.07, 6.45) is 3.47. The highest BCUT2D eigenvalue weighted by atomic mass is 16.5. The highest BCUT2D eigenvalue weighted by molar-refractivity contribution is 5.41. The molecule has 2 saturated heterocycles. The first kappa shape index (κ1) is 17.4. The Morgan fingerprint density at radius 1 is 1.12 bits per heavy atom. The molecule has 2 aliphatic rings. The van der Waals surface area contributed by atoms with Crippen LogP contribution in [0.1, 0.15) is 42.3 Å². The van der Waals surface area contributed by atoms with Crippen LogP contribution in [0.15, 0.2) is 36.4 Å². The van der Waals surface area contributed by atoms with Gasteiger partial charge in [0.15, 0.2) is 0 Å². The number of ether oxygens (including phenoxy) is 2. The minimum Gasteiger partial charge on any atom is -0.381 e. The molecule has 0 bridgehead atoms. The fourth-order valence-corrected chi connectivity index (χ4v) is 3.75. The quantitative estimate of drug-likeness (QED) is 0.824. The van der Waals surface area contributed by atoms with Crippen LogP contribution in [0, 0.1) is 6.92 Å². The van der Waals surface area contributed by atoms with Gasteiger partial charge in [-0.05, 0) is 31.7 Å². The van der Waals surface area contributed by atoms with E-state index in [2.05, 4.69) is 45.2 Å². The molecule has 2 aromatic rings. The first-order valence-corrected chi connectivity index (χ1v) is 9.62. The lowest BCUT2D eigenvalue weighted by Crippen LogP contribution is -2.37. The molecule has 1 aromatic carbocycles. The zero-order valence-electron chi connectivity index (χ0n) is 15.4. The largest absolute Gasteiger partial charge is 0.381 e. The fraction of sp³-hybridized carbons (Fsp3) is 0.524. The number of benzene rings is 1. The van der Waals surface area contributed by atoms with E-state index in [0.717, 1.165) is 62.9 Å². The normalized spacial score (nSPS) is 21.3. The van der Waals surface area contributed by atoms with Gasteiger partial charge in [0.2, 0.25) is 0 Å². The highest BCUT2D eigenvalue weighted by Gasteiger charge is 2.24. The molecular weight excluding hydrogens is 326 g/mol. The van der Waals surface area contributed by atoms with Crippen LogP contribution in [0.5, 0.6) is 0 Å². The van der Waals surface area contributed by atoms with Crippen molar-refractivity contribution in [2.24, 2.45) is 0 Å². The molecule has 0 radical (unpaired) electrons. The zero-order chi connectivity index (χ0) is 17.8. The Kier molecular flexibility index (Phi) is 5.46. The van der Waals surface area contributed by atoms with Crippen molar-refractivity contribution >= 4 is 5.82 Å². The summed E-state index contributed by atoms with van der Waals surface area (Å²) in [5, 5.41) is 0. The maximum atomic E-state index is 6.11. The standard InChI is InChI=1S/C21H27N3O2/c1-16-22-20(18-9-12-25-15-18)13-21(23-16)24-10-7-19(8-11-24)26-14-17-5-3-2-4-6-17/h2-6,13,18-19H,7-12,14-15H2,1H3/t18-/m1/s1. The third-order valence-corrected chi connectivity index (χ3v) is 5.29. The van der Waals surface area contributed by atoms with Crippen LogP contribution in [0.3, 0.4) is 0 Å². The van der Waals surface area contributed by atoms with Gasteiger partial charge >= 0.3 is 0 Å². The Morgan fingerprint density at radius 2 is 1.92 bits per heavy atom. The molecule has 2 fully saturated rings. The predicted octanol–water partition coefficient (Wildman–Crippen LogP) is 3.47. The second kappa shape index (κ2) is 8.14. The lowest BCUT2D eigenvalue weighted by Gasteiger charge is -2.33. The number of aryl methyl sites for hydroxylation is 1. The summed E-state index contributed by atoms with van der Waals surface area (Å²) in [6.45, 7) is 6.27. The van der Waals surface area contributed by atoms with E-state index >= 15 is 0 Å². The van der Waals surface area contributed by atoms with Crippen molar-refractivity contribution in [2.45, 2.75) is 44.8 Å². The fourth-order valence-electron chi connectivity index (χ4n) is 3.75. The number of piperidine rings is 1. The monoisotopic (exact) mass is 353 g/mol. The van der Waals surface area contributed by atoms with Gasteiger partial charge in [0.25, 0.3) is 0 Å². The summed E-state index contributed by atoms with van der Waals surface area (Å²) in [7, 11) is 0. The van der Waals surface area contributed by atoms with Crippen LogP contribution in [0.4, 0.5) is 5.82 Å². The lowest BCUT2D eigenvalue weighted by atomic mass is 10.0. The van der Waals surface area contributed by atoms with E-state index in [1.165, 1.54) is 5.56 Å². The molecule has 2 aliphatic heterocycles. The van der Waals surface area contributed by atoms with Crippen LogP contribution < -0.4 is 4.90 Å². The molecule has 0 unspecified atom stereocenters. The molecule has 138 valence electrons. The summed E-state index contributed by atoms with van der Waals surface area (Å²) in [5.41, 5.74) is 2.37. The van der Waals surface area contributed by atoms with Crippen LogP contribution in [-0.2, 0) is 16.1 Å². The van der Waals surface area contributed by atoms with Crippen molar-refractivity contribution in [3.05, 3.63) is 53.5 Å². The molecule has 0 spiro atoms. The Bertz CT molecular complexity index is 708. The molecule has 1 atom stereocenters. The van der Waals surface area contributed by atoms with Gasteiger partial charge in [0, 0.05) is 31.7 Å². The van der Waals surface area contributed by atoms with Gasteiger partial charge in [0.05, 0.1) is 25.0 Å². The molecule has 5 heteroatoms. The van der Waals surface area contributed by atoms with E-state index in [4.69, 9.17) is 9.47 Å². The summed E-state index contributed by atoms with van der Waals surface area (Å²) in [4.78, 5) is 11.7. The van der Waals surface area contributed by atoms with Gasteiger partial charge in [-0.3, -0.25) is 0 Å². The van der Waals surface area contributed by atoms with Crippen LogP contribution >= 0.6 is 0 Å². The van der Waals surface area contributed by atoms with E-state index < -0.39 is 0 Å². The van der Waals surface area contributed by atoms with E-state index in [9.17, 15) is 0 Å². The van der Waals surface area contributed by atoms with Gasteiger partial charge in [0.1, 0.15) is 11.6 Å². The Morgan fingerprint density at radius 3 is 2.65 bits per heavy atom. The van der Waals surface area contributed by atoms with Crippen LogP contribution in [-0.4, -0.2) is 42.4 Å². The van der Waals surface area contributed by atoms with Gasteiger partial charge in [-0.2, -0.15) is 0 Å². The predicted molar refractivity (Wildman–Crippen MR) is 101 cm³/mol. The number of hydrogen-bond acceptors (Lipinski definition) is 5. The third-order valence-electron chi connectivity index (χ3n) is 5.29. The van der Waals surface area contributed by atoms with E-state index in [1.807, 2.05) is 13.0 Å². The first-order valence-electron chi connectivity index (χ1n) is 9.62. The van der Waals surface area contributed by atoms with Crippen molar-refractivity contribution < 1.29 is 9.47 Å². The van der Waals surface area contributed by atoms with Crippen molar-refractivity contribution in [1.82, 2.24) is 9.97 Å². The third kappa shape index (κ3) is 4.22. The molecule has 1 aromatic heterocycles. The number of anilines is 1. The van der Waals surface area contributed by atoms with Crippen molar-refractivity contribution in [3.63, 3.8) is 0 Å². The Hall–Kier alpha value is -1.98. The molecule has 0 saturated carbocycles. The van der Waals surface area contributed by atoms with Crippen molar-refractivity contribution in [2.75, 3.05) is 31.2 Å². The van der Waals surface area contributed by atoms with E-state index in [0.29, 0.717) is 18.6 Å². The van der Waals surface area contributed by atoms with Crippen LogP contribution in [0.25, 0.3) is 0 Å². The van der Waals surface area contributed by atoms with Gasteiger partial charge < -0.3 is 14.4 Å². The van der Waals surface area contributed by atoms with Gasteiger partial charge in [-0.25, -0.2) is 9.97 Å². The summed E-state index contributed by atoms with van der Waals surface area (Å²) in [6, 6.07) is 12.6. The number of hydrogen-bond donors (Lipinski definition) is 0. The summed E-state index contributed by atoms with van der Waals surface area (Å²) < 4.78 is 11.6. The highest BCUT2D eigenvalue weighted by Crippen LogP contribution is 2.27. The topological polar surface area (TPSA) is 47.5 Å². The van der Waals surface area contributed by atoms with Crippen molar-refractivity contribution in [3.8, 4) is 0 Å². The number of nitrogens with zero attached hydrogens (tertiary/aromatic N) is 3. The molecule has 0 aliphatic carbocycles. The second-order valence-electron chi connectivity index (χ2n) is 7.24. The minimum absolute atomic E-state index is 0.331. The maximum absolute atomic E-state index is 6.11. The molecule has 0 amide bonds. The van der Waals surface area contributed by atoms with E-state index in [-0.39, 0.29) is 0 Å². The molecule has 4 rings (SSSR count). The van der Waals surface area contributed by atoms with E-state index in [1.54, 1.807) is 0 Å². The number of rotatable bonds is 5. The van der Waals surface area contributed by atoms with Crippen molar-refractivity contribution in [1.29, 1.82) is 0 Å². The Balaban J connectivity index is 1.34. The van der Waals surface area contributed by atoms with Gasteiger partial charge in [-0.15, -0.1) is 0 Å². The lowest BCUT2D eigenvalue weighted by molar-refractivity contribution is 0.0250. The molecule has 3 heterocycles. The smallest absolute Gasteiger partial charge is 0.132 e. The molecule has 26 heavy (non-hydrogen) atoms. The van der Waals surface area contributed by atoms with Gasteiger partial charge in [-0.1, -0.05) is 30.3 Å². The van der Waals surface area contributed by atoms with Crippen LogP contribution in [0.2, 0.25) is 0 Å². The average Bonchev–Trinajstić information content (AvgIpc) is 3.22. The average molecular weight is 353 g/mol. The zero-order valence-corrected chi connectivity index (χ0v) is 15.4. The maximum Gasteiger partial charge on any atom is 0.132 e. The SMILES string of the molecule is Cc1nc([C@@H]2CCOC2)cc(N2CCC(OCc3ccccc3)CC2)n1. The minimum atomic E-state index is 0.331. The molecular formula is C21H27N3O2. The molecule has 0 N–H and O–H groups in total. The summed E-state index contributed by atoms with van der Waals surface area (Å²) in [5.74, 6) is 2.33. The second-order valence-corrected chi connectivity index (χ2v) is 7.24.